The molecule has 150 valence electrons. The normalized spacial score (nSPS) is 10.3. The predicted molar refractivity (Wildman–Crippen MR) is 117 cm³/mol. The molecule has 6 heteroatoms. The Kier molecular flexibility index (Phi) is 7.14. The second-order valence-electron chi connectivity index (χ2n) is 6.02. The minimum Gasteiger partial charge on any atom is -0.490 e. The van der Waals surface area contributed by atoms with Crippen molar-refractivity contribution in [3.63, 3.8) is 0 Å². The fraction of sp³-hybridized carbons (Fsp3) is 0.174. The Morgan fingerprint density at radius 1 is 0.897 bits per heavy atom. The highest BCUT2D eigenvalue weighted by Crippen LogP contribution is 2.37. The van der Waals surface area contributed by atoms with E-state index in [-0.39, 0.29) is 5.91 Å². The predicted octanol–water partition coefficient (Wildman–Crippen LogP) is 6.29. The summed E-state index contributed by atoms with van der Waals surface area (Å²) in [6.45, 7) is 4.74. The van der Waals surface area contributed by atoms with Crippen molar-refractivity contribution in [1.29, 1.82) is 0 Å². The van der Waals surface area contributed by atoms with Crippen LogP contribution in [0.5, 0.6) is 23.0 Å². The highest BCUT2D eigenvalue weighted by atomic mass is 79.9. The summed E-state index contributed by atoms with van der Waals surface area (Å²) in [5.41, 5.74) is 1.02. The fourth-order valence-electron chi connectivity index (χ4n) is 2.72. The Balaban J connectivity index is 1.85. The first kappa shape index (κ1) is 20.7. The van der Waals surface area contributed by atoms with Gasteiger partial charge in [0.25, 0.3) is 5.91 Å². The number of hydrogen-bond acceptors (Lipinski definition) is 4. The molecule has 1 amide bonds. The Hall–Kier alpha value is -2.99. The summed E-state index contributed by atoms with van der Waals surface area (Å²) in [6.07, 6.45) is 0. The average Bonchev–Trinajstić information content (AvgIpc) is 2.72. The Bertz CT molecular complexity index is 976. The second-order valence-corrected chi connectivity index (χ2v) is 6.87. The molecule has 1 N–H and O–H groups in total. The molecule has 0 aliphatic carbocycles. The van der Waals surface area contributed by atoms with Gasteiger partial charge in [0.2, 0.25) is 0 Å². The van der Waals surface area contributed by atoms with E-state index in [4.69, 9.17) is 14.2 Å². The number of nitrogens with one attached hydrogen (secondary N) is 1. The number of hydrogen-bond donors (Lipinski definition) is 1. The molecule has 0 spiro atoms. The highest BCUT2D eigenvalue weighted by Gasteiger charge is 2.17. The van der Waals surface area contributed by atoms with Gasteiger partial charge in [0.1, 0.15) is 5.75 Å². The number of amides is 1. The number of ether oxygens (including phenoxy) is 3. The van der Waals surface area contributed by atoms with Gasteiger partial charge in [-0.3, -0.25) is 4.79 Å². The fourth-order valence-corrected chi connectivity index (χ4v) is 3.27. The molecule has 29 heavy (non-hydrogen) atoms. The maximum Gasteiger partial charge on any atom is 0.255 e. The lowest BCUT2D eigenvalue weighted by Crippen LogP contribution is -2.13. The van der Waals surface area contributed by atoms with E-state index in [1.165, 1.54) is 0 Å². The zero-order valence-corrected chi connectivity index (χ0v) is 17.9. The molecule has 0 unspecified atom stereocenters. The van der Waals surface area contributed by atoms with Crippen molar-refractivity contribution in [2.75, 3.05) is 18.5 Å². The largest absolute Gasteiger partial charge is 0.490 e. The van der Waals surface area contributed by atoms with E-state index in [9.17, 15) is 4.79 Å². The number of rotatable bonds is 8. The Morgan fingerprint density at radius 3 is 2.31 bits per heavy atom. The van der Waals surface area contributed by atoms with Gasteiger partial charge in [0.05, 0.1) is 23.4 Å². The zero-order chi connectivity index (χ0) is 20.6. The van der Waals surface area contributed by atoms with E-state index in [0.717, 1.165) is 0 Å². The van der Waals surface area contributed by atoms with Gasteiger partial charge >= 0.3 is 0 Å². The van der Waals surface area contributed by atoms with E-state index in [0.29, 0.717) is 51.9 Å². The maximum atomic E-state index is 12.9. The van der Waals surface area contributed by atoms with E-state index in [1.807, 2.05) is 62.4 Å². The van der Waals surface area contributed by atoms with Gasteiger partial charge in [-0.15, -0.1) is 0 Å². The molecule has 3 aromatic carbocycles. The van der Waals surface area contributed by atoms with E-state index < -0.39 is 0 Å². The first-order valence-corrected chi connectivity index (χ1v) is 10.1. The van der Waals surface area contributed by atoms with Crippen molar-refractivity contribution >= 4 is 27.5 Å². The molecular formula is C23H22BrNO4. The van der Waals surface area contributed by atoms with E-state index in [1.54, 1.807) is 18.2 Å². The number of carbonyl (C=O) groups excluding carboxylic acids is 1. The topological polar surface area (TPSA) is 56.8 Å². The van der Waals surface area contributed by atoms with Gasteiger partial charge in [-0.2, -0.15) is 0 Å². The quantitative estimate of drug-likeness (QED) is 0.433. The van der Waals surface area contributed by atoms with Gasteiger partial charge in [-0.1, -0.05) is 30.3 Å². The number of anilines is 1. The Labute approximate surface area is 178 Å². The summed E-state index contributed by atoms with van der Waals surface area (Å²) < 4.78 is 17.9. The molecule has 0 aromatic heterocycles. The van der Waals surface area contributed by atoms with Crippen molar-refractivity contribution in [1.82, 2.24) is 0 Å². The minimum absolute atomic E-state index is 0.279. The van der Waals surface area contributed by atoms with Crippen LogP contribution in [0.25, 0.3) is 0 Å². The molecule has 0 heterocycles. The van der Waals surface area contributed by atoms with Crippen molar-refractivity contribution < 1.29 is 19.0 Å². The molecule has 0 radical (unpaired) electrons. The minimum atomic E-state index is -0.279. The first-order chi connectivity index (χ1) is 14.1. The van der Waals surface area contributed by atoms with Crippen LogP contribution in [0.2, 0.25) is 0 Å². The van der Waals surface area contributed by atoms with Gasteiger partial charge < -0.3 is 19.5 Å². The van der Waals surface area contributed by atoms with Gasteiger partial charge in [-0.05, 0) is 66.2 Å². The van der Waals surface area contributed by atoms with Crippen LogP contribution in [-0.2, 0) is 0 Å². The standard InChI is InChI=1S/C23H22BrNO4/c1-3-27-21-15-16(14-18(24)22(21)28-4-2)23(26)25-19-12-8-9-13-20(19)29-17-10-6-5-7-11-17/h5-15H,3-4H2,1-2H3,(H,25,26). The number of benzene rings is 3. The SMILES string of the molecule is CCOc1cc(C(=O)Nc2ccccc2Oc2ccccc2)cc(Br)c1OCC. The van der Waals surface area contributed by atoms with E-state index in [2.05, 4.69) is 21.2 Å². The van der Waals surface area contributed by atoms with Crippen LogP contribution in [0, 0.1) is 0 Å². The zero-order valence-electron chi connectivity index (χ0n) is 16.3. The van der Waals surface area contributed by atoms with Crippen LogP contribution >= 0.6 is 15.9 Å². The summed E-state index contributed by atoms with van der Waals surface area (Å²) in [6, 6.07) is 20.1. The van der Waals surface area contributed by atoms with Gasteiger partial charge in [-0.25, -0.2) is 0 Å². The van der Waals surface area contributed by atoms with Crippen LogP contribution in [0.4, 0.5) is 5.69 Å². The third-order valence-corrected chi connectivity index (χ3v) is 4.56. The van der Waals surface area contributed by atoms with Crippen molar-refractivity contribution in [3.05, 3.63) is 76.8 Å². The smallest absolute Gasteiger partial charge is 0.255 e. The number of carbonyl (C=O) groups is 1. The van der Waals surface area contributed by atoms with Crippen LogP contribution in [-0.4, -0.2) is 19.1 Å². The lowest BCUT2D eigenvalue weighted by Gasteiger charge is -2.15. The number of halogens is 1. The van der Waals surface area contributed by atoms with Gasteiger partial charge in [0, 0.05) is 5.56 Å². The monoisotopic (exact) mass is 455 g/mol. The number of para-hydroxylation sites is 3. The molecule has 0 saturated carbocycles. The molecule has 0 fully saturated rings. The molecule has 0 bridgehead atoms. The van der Waals surface area contributed by atoms with Gasteiger partial charge in [0.15, 0.2) is 17.2 Å². The molecule has 0 saturated heterocycles. The van der Waals surface area contributed by atoms with Crippen LogP contribution in [0.15, 0.2) is 71.2 Å². The maximum absolute atomic E-state index is 12.9. The molecule has 5 nitrogen and oxygen atoms in total. The first-order valence-electron chi connectivity index (χ1n) is 9.34. The van der Waals surface area contributed by atoms with E-state index >= 15 is 0 Å². The lowest BCUT2D eigenvalue weighted by molar-refractivity contribution is 0.102. The van der Waals surface area contributed by atoms with Crippen LogP contribution < -0.4 is 19.5 Å². The third kappa shape index (κ3) is 5.29. The lowest BCUT2D eigenvalue weighted by atomic mass is 10.1. The molecule has 0 atom stereocenters. The molecule has 0 aliphatic rings. The summed E-state index contributed by atoms with van der Waals surface area (Å²) in [7, 11) is 0. The molecular weight excluding hydrogens is 434 g/mol. The van der Waals surface area contributed by atoms with Crippen LogP contribution in [0.3, 0.4) is 0 Å². The highest BCUT2D eigenvalue weighted by molar-refractivity contribution is 9.10. The second kappa shape index (κ2) is 9.98. The molecule has 3 rings (SSSR count). The van der Waals surface area contributed by atoms with Crippen molar-refractivity contribution in [3.8, 4) is 23.0 Å². The average molecular weight is 456 g/mol. The van der Waals surface area contributed by atoms with Crippen LogP contribution in [0.1, 0.15) is 24.2 Å². The summed E-state index contributed by atoms with van der Waals surface area (Å²) in [5, 5.41) is 2.91. The van der Waals surface area contributed by atoms with Crippen molar-refractivity contribution in [2.24, 2.45) is 0 Å². The third-order valence-electron chi connectivity index (χ3n) is 3.97. The summed E-state index contributed by atoms with van der Waals surface area (Å²) in [4.78, 5) is 12.9. The molecule has 0 aliphatic heterocycles. The summed E-state index contributed by atoms with van der Waals surface area (Å²) in [5.74, 6) is 2.07. The summed E-state index contributed by atoms with van der Waals surface area (Å²) >= 11 is 3.47. The van der Waals surface area contributed by atoms with Crippen molar-refractivity contribution in [2.45, 2.75) is 13.8 Å². The molecule has 3 aromatic rings. The Morgan fingerprint density at radius 2 is 1.59 bits per heavy atom.